The lowest BCUT2D eigenvalue weighted by molar-refractivity contribution is -0.274. The van der Waals surface area contributed by atoms with E-state index in [0.717, 1.165) is 64.5 Å². The van der Waals surface area contributed by atoms with Gasteiger partial charge in [-0.15, -0.1) is 13.2 Å². The Morgan fingerprint density at radius 2 is 1.82 bits per heavy atom. The van der Waals surface area contributed by atoms with Crippen LogP contribution >= 0.6 is 0 Å². The highest BCUT2D eigenvalue weighted by Crippen LogP contribution is 2.27. The molecule has 10 heteroatoms. The van der Waals surface area contributed by atoms with Crippen molar-refractivity contribution < 1.29 is 22.6 Å². The standard InChI is InChI=1S/C29H26F3N5O2/c30-29(31,32)39-22-9-7-21(8-10-22)37-27-6-2-1-5-23(27)36-26-16-24(35-20-4-3-13-33-18-20)25(17-28(26)37)34-19-11-14-38-15-12-19/h3-10,13,16-19,35H,1-2,11-12,14-15H2. The molecule has 0 atom stereocenters. The van der Waals surface area contributed by atoms with Gasteiger partial charge in [-0.1, -0.05) is 12.2 Å². The fourth-order valence-corrected chi connectivity index (χ4v) is 4.94. The molecular weight excluding hydrogens is 507 g/mol. The Hall–Kier alpha value is -4.18. The normalized spacial score (nSPS) is 16.3. The van der Waals surface area contributed by atoms with Gasteiger partial charge in [0, 0.05) is 25.1 Å². The van der Waals surface area contributed by atoms with Crippen LogP contribution in [0.4, 0.5) is 24.5 Å². The summed E-state index contributed by atoms with van der Waals surface area (Å²) < 4.78 is 49.9. The number of alkyl halides is 3. The molecular formula is C29H26F3N5O2. The molecule has 1 saturated heterocycles. The van der Waals surface area contributed by atoms with E-state index in [9.17, 15) is 13.2 Å². The highest BCUT2D eigenvalue weighted by molar-refractivity contribution is 5.70. The number of hydrogen-bond acceptors (Lipinski definition) is 6. The lowest BCUT2D eigenvalue weighted by Gasteiger charge is -2.22. The summed E-state index contributed by atoms with van der Waals surface area (Å²) >= 11 is 0. The topological polar surface area (TPSA) is 73.6 Å². The fraction of sp³-hybridized carbons (Fsp3) is 0.276. The van der Waals surface area contributed by atoms with E-state index in [2.05, 4.69) is 27.2 Å². The first-order valence-electron chi connectivity index (χ1n) is 12.8. The van der Waals surface area contributed by atoms with E-state index < -0.39 is 6.36 Å². The van der Waals surface area contributed by atoms with Crippen LogP contribution in [0.15, 0.2) is 65.9 Å². The third kappa shape index (κ3) is 5.65. The molecule has 1 aromatic carbocycles. The minimum Gasteiger partial charge on any atom is -0.406 e. The predicted molar refractivity (Wildman–Crippen MR) is 141 cm³/mol. The second kappa shape index (κ2) is 10.5. The maximum absolute atomic E-state index is 12.8. The van der Waals surface area contributed by atoms with E-state index in [1.165, 1.54) is 12.1 Å². The molecule has 1 aromatic heterocycles. The monoisotopic (exact) mass is 533 g/mol. The van der Waals surface area contributed by atoms with Crippen LogP contribution in [0.3, 0.4) is 0 Å². The Labute approximate surface area is 222 Å². The van der Waals surface area contributed by atoms with E-state index in [1.54, 1.807) is 24.5 Å². The summed E-state index contributed by atoms with van der Waals surface area (Å²) in [5.74, 6) is -0.271. The van der Waals surface area contributed by atoms with Crippen LogP contribution in [-0.4, -0.2) is 40.2 Å². The molecule has 1 fully saturated rings. The Morgan fingerprint density at radius 3 is 2.56 bits per heavy atom. The molecule has 1 N–H and O–H groups in total. The maximum Gasteiger partial charge on any atom is 0.573 e. The number of aromatic nitrogens is 3. The second-order valence-corrected chi connectivity index (χ2v) is 9.44. The zero-order valence-corrected chi connectivity index (χ0v) is 21.0. The number of nitrogens with zero attached hydrogens (tertiary/aromatic N) is 4. The number of nitrogens with one attached hydrogen (secondary N) is 1. The van der Waals surface area contributed by atoms with Gasteiger partial charge in [0.2, 0.25) is 0 Å². The van der Waals surface area contributed by atoms with E-state index in [0.29, 0.717) is 18.9 Å². The van der Waals surface area contributed by atoms with Gasteiger partial charge in [-0.25, -0.2) is 4.98 Å². The Balaban J connectivity index is 1.56. The average molecular weight is 534 g/mol. The Bertz CT molecular complexity index is 1630. The van der Waals surface area contributed by atoms with Gasteiger partial charge in [0.1, 0.15) is 5.75 Å². The molecule has 0 saturated carbocycles. The molecule has 39 heavy (non-hydrogen) atoms. The summed E-state index contributed by atoms with van der Waals surface area (Å²) in [7, 11) is 0. The zero-order valence-electron chi connectivity index (χ0n) is 21.0. The number of halogens is 3. The molecule has 0 spiro atoms. The van der Waals surface area contributed by atoms with Gasteiger partial charge < -0.3 is 19.4 Å². The van der Waals surface area contributed by atoms with Crippen molar-refractivity contribution in [1.29, 1.82) is 0 Å². The lowest BCUT2D eigenvalue weighted by Crippen LogP contribution is -2.40. The molecule has 4 aliphatic rings. The average Bonchev–Trinajstić information content (AvgIpc) is 2.93. The Kier molecular flexibility index (Phi) is 6.78. The van der Waals surface area contributed by atoms with Crippen molar-refractivity contribution in [3.8, 4) is 22.8 Å². The summed E-state index contributed by atoms with van der Waals surface area (Å²) in [4.78, 5) is 14.3. The minimum atomic E-state index is -4.75. The largest absolute Gasteiger partial charge is 0.573 e. The molecule has 0 amide bonds. The number of ether oxygens (including phenoxy) is 2. The van der Waals surface area contributed by atoms with Crippen molar-refractivity contribution in [2.24, 2.45) is 4.99 Å². The van der Waals surface area contributed by atoms with Crippen LogP contribution in [0, 0.1) is 0 Å². The second-order valence-electron chi connectivity index (χ2n) is 9.44. The van der Waals surface area contributed by atoms with Crippen molar-refractivity contribution in [1.82, 2.24) is 14.5 Å². The van der Waals surface area contributed by atoms with Crippen LogP contribution in [0.1, 0.15) is 25.7 Å². The van der Waals surface area contributed by atoms with Crippen LogP contribution in [-0.2, 0) is 4.74 Å². The number of hydrogen-bond donors (Lipinski definition) is 1. The predicted octanol–water partition coefficient (Wildman–Crippen LogP) is 4.45. The van der Waals surface area contributed by atoms with Crippen molar-refractivity contribution in [3.63, 3.8) is 0 Å². The minimum absolute atomic E-state index is 0.114. The van der Waals surface area contributed by atoms with E-state index in [4.69, 9.17) is 14.7 Å². The molecule has 2 aromatic rings. The number of benzene rings is 2. The summed E-state index contributed by atoms with van der Waals surface area (Å²) in [6, 6.07) is 13.8. The smallest absolute Gasteiger partial charge is 0.406 e. The highest BCUT2D eigenvalue weighted by atomic mass is 19.4. The summed E-state index contributed by atoms with van der Waals surface area (Å²) in [5.41, 5.74) is 3.85. The summed E-state index contributed by atoms with van der Waals surface area (Å²) in [5, 5.41) is 5.93. The van der Waals surface area contributed by atoms with Gasteiger partial charge in [-0.3, -0.25) is 9.98 Å². The maximum atomic E-state index is 12.8. The van der Waals surface area contributed by atoms with Gasteiger partial charge in [-0.05, 0) is 74.2 Å². The van der Waals surface area contributed by atoms with Gasteiger partial charge in [0.15, 0.2) is 0 Å². The van der Waals surface area contributed by atoms with E-state index in [1.807, 2.05) is 28.8 Å². The summed E-state index contributed by atoms with van der Waals surface area (Å²) in [6.45, 7) is 1.33. The van der Waals surface area contributed by atoms with Gasteiger partial charge in [0.05, 0.1) is 51.1 Å². The third-order valence-electron chi connectivity index (χ3n) is 6.70. The first kappa shape index (κ1) is 25.1. The van der Waals surface area contributed by atoms with Gasteiger partial charge >= 0.3 is 6.36 Å². The summed E-state index contributed by atoms with van der Waals surface area (Å²) in [6.07, 6.45) is 6.27. The SMILES string of the molecule is FC(F)(F)Oc1ccc(-n2c3cc(=NC4CCOCC4)c(Nc4cccnc4)cc-3nc3c2=CCCC=3)cc1. The van der Waals surface area contributed by atoms with Crippen LogP contribution in [0.2, 0.25) is 0 Å². The van der Waals surface area contributed by atoms with Crippen molar-refractivity contribution in [3.05, 3.63) is 77.0 Å². The molecule has 2 aliphatic heterocycles. The quantitative estimate of drug-likeness (QED) is 0.411. The van der Waals surface area contributed by atoms with Gasteiger partial charge in [0.25, 0.3) is 0 Å². The molecule has 6 rings (SSSR count). The van der Waals surface area contributed by atoms with E-state index >= 15 is 0 Å². The number of anilines is 2. The first-order valence-corrected chi connectivity index (χ1v) is 12.8. The first-order chi connectivity index (χ1) is 18.9. The van der Waals surface area contributed by atoms with Gasteiger partial charge in [-0.2, -0.15) is 0 Å². The number of rotatable bonds is 5. The number of pyridine rings is 1. The van der Waals surface area contributed by atoms with Crippen molar-refractivity contribution >= 4 is 23.5 Å². The Morgan fingerprint density at radius 1 is 1.03 bits per heavy atom. The number of fused-ring (bicyclic) bond motifs is 2. The molecule has 0 radical (unpaired) electrons. The van der Waals surface area contributed by atoms with Crippen molar-refractivity contribution in [2.45, 2.75) is 38.1 Å². The molecule has 3 heterocycles. The third-order valence-corrected chi connectivity index (χ3v) is 6.70. The molecule has 0 unspecified atom stereocenters. The lowest BCUT2D eigenvalue weighted by atomic mass is 10.1. The van der Waals surface area contributed by atoms with Crippen LogP contribution in [0.5, 0.6) is 5.75 Å². The molecule has 2 aliphatic carbocycles. The molecule has 7 nitrogen and oxygen atoms in total. The fourth-order valence-electron chi connectivity index (χ4n) is 4.94. The van der Waals surface area contributed by atoms with Crippen molar-refractivity contribution in [2.75, 3.05) is 18.5 Å². The molecule has 200 valence electrons. The van der Waals surface area contributed by atoms with Crippen LogP contribution < -0.4 is 26.1 Å². The molecule has 0 bridgehead atoms. The highest BCUT2D eigenvalue weighted by Gasteiger charge is 2.31. The zero-order chi connectivity index (χ0) is 26.8. The van der Waals surface area contributed by atoms with Crippen LogP contribution in [0.25, 0.3) is 29.2 Å². The van der Waals surface area contributed by atoms with E-state index in [-0.39, 0.29) is 11.8 Å².